The van der Waals surface area contributed by atoms with Gasteiger partial charge in [-0.15, -0.1) is 10.2 Å². The van der Waals surface area contributed by atoms with E-state index < -0.39 is 0 Å². The molecule has 0 aliphatic heterocycles. The Morgan fingerprint density at radius 2 is 2.07 bits per heavy atom. The molecule has 76 valence electrons. The van der Waals surface area contributed by atoms with E-state index in [1.165, 1.54) is 19.3 Å². The zero-order valence-electron chi connectivity index (χ0n) is 8.35. The fraction of sp³-hybridized carbons (Fsp3) is 0.800. The van der Waals surface area contributed by atoms with Gasteiger partial charge in [0.15, 0.2) is 5.82 Å². The van der Waals surface area contributed by atoms with Crippen molar-refractivity contribution in [3.8, 4) is 0 Å². The van der Waals surface area contributed by atoms with Gasteiger partial charge < -0.3 is 9.67 Å². The van der Waals surface area contributed by atoms with E-state index in [2.05, 4.69) is 10.2 Å². The second kappa shape index (κ2) is 2.79. The maximum atomic E-state index is 9.01. The third-order valence-electron chi connectivity index (χ3n) is 3.84. The maximum absolute atomic E-state index is 9.01. The third kappa shape index (κ3) is 0.974. The van der Waals surface area contributed by atoms with Crippen molar-refractivity contribution >= 4 is 0 Å². The van der Waals surface area contributed by atoms with Gasteiger partial charge in [-0.2, -0.15) is 0 Å². The molecular formula is C10H15N3O. The molecule has 14 heavy (non-hydrogen) atoms. The minimum absolute atomic E-state index is 0.00838. The smallest absolute Gasteiger partial charge is 0.158 e. The van der Waals surface area contributed by atoms with Crippen LogP contribution < -0.4 is 0 Å². The molecule has 4 heteroatoms. The lowest BCUT2D eigenvalue weighted by Crippen LogP contribution is -2.03. The first-order valence-corrected chi connectivity index (χ1v) is 5.32. The van der Waals surface area contributed by atoms with Crippen LogP contribution in [0.2, 0.25) is 0 Å². The average Bonchev–Trinajstić information content (AvgIpc) is 2.62. The average molecular weight is 193 g/mol. The number of aliphatic hydroxyl groups is 1. The number of hydrogen-bond donors (Lipinski definition) is 1. The van der Waals surface area contributed by atoms with Gasteiger partial charge >= 0.3 is 0 Å². The summed E-state index contributed by atoms with van der Waals surface area (Å²) in [5, 5.41) is 17.2. The Kier molecular flexibility index (Phi) is 1.68. The summed E-state index contributed by atoms with van der Waals surface area (Å²) in [7, 11) is 1.95. The first kappa shape index (κ1) is 8.41. The summed E-state index contributed by atoms with van der Waals surface area (Å²) in [6.45, 7) is -0.00838. The van der Waals surface area contributed by atoms with Gasteiger partial charge in [0.2, 0.25) is 0 Å². The molecule has 1 aromatic rings. The SMILES string of the molecule is Cn1c(CO)nnc1C1C2CCCC21. The summed E-state index contributed by atoms with van der Waals surface area (Å²) in [5.41, 5.74) is 0. The van der Waals surface area contributed by atoms with E-state index in [0.717, 1.165) is 17.7 Å². The molecule has 0 aromatic carbocycles. The Morgan fingerprint density at radius 3 is 2.64 bits per heavy atom. The number of fused-ring (bicyclic) bond motifs is 1. The van der Waals surface area contributed by atoms with Gasteiger partial charge in [-0.1, -0.05) is 6.42 Å². The molecule has 2 aliphatic rings. The molecule has 2 aliphatic carbocycles. The summed E-state index contributed by atoms with van der Waals surface area (Å²) in [5.74, 6) is 4.14. The molecule has 0 saturated heterocycles. The Bertz CT molecular complexity index is 350. The number of nitrogens with zero attached hydrogens (tertiary/aromatic N) is 3. The van der Waals surface area contributed by atoms with E-state index in [1.54, 1.807) is 0 Å². The highest BCUT2D eigenvalue weighted by atomic mass is 16.3. The normalized spacial score (nSPS) is 34.6. The summed E-state index contributed by atoms with van der Waals surface area (Å²) < 4.78 is 1.96. The molecule has 2 unspecified atom stereocenters. The molecule has 2 saturated carbocycles. The van der Waals surface area contributed by atoms with Gasteiger partial charge in [-0.3, -0.25) is 0 Å². The van der Waals surface area contributed by atoms with Crippen molar-refractivity contribution in [1.82, 2.24) is 14.8 Å². The molecule has 0 spiro atoms. The summed E-state index contributed by atoms with van der Waals surface area (Å²) in [6.07, 6.45) is 4.10. The number of hydrogen-bond acceptors (Lipinski definition) is 3. The summed E-state index contributed by atoms with van der Waals surface area (Å²) >= 11 is 0. The highest BCUT2D eigenvalue weighted by Gasteiger charge is 2.55. The van der Waals surface area contributed by atoms with E-state index in [-0.39, 0.29) is 6.61 Å². The van der Waals surface area contributed by atoms with Gasteiger partial charge in [0.05, 0.1) is 0 Å². The minimum Gasteiger partial charge on any atom is -0.388 e. The fourth-order valence-electron chi connectivity index (χ4n) is 3.01. The van der Waals surface area contributed by atoms with Crippen molar-refractivity contribution < 1.29 is 5.11 Å². The van der Waals surface area contributed by atoms with Crippen LogP contribution in [0.4, 0.5) is 0 Å². The topological polar surface area (TPSA) is 50.9 Å². The van der Waals surface area contributed by atoms with Crippen molar-refractivity contribution in [2.75, 3.05) is 0 Å². The summed E-state index contributed by atoms with van der Waals surface area (Å²) in [4.78, 5) is 0. The van der Waals surface area contributed by atoms with Gasteiger partial charge in [0.25, 0.3) is 0 Å². The van der Waals surface area contributed by atoms with E-state index in [1.807, 2.05) is 11.6 Å². The van der Waals surface area contributed by atoms with Gasteiger partial charge in [0, 0.05) is 13.0 Å². The largest absolute Gasteiger partial charge is 0.388 e. The molecule has 0 radical (unpaired) electrons. The van der Waals surface area contributed by atoms with Crippen LogP contribution in [0.3, 0.4) is 0 Å². The number of aliphatic hydroxyl groups excluding tert-OH is 1. The molecule has 0 amide bonds. The predicted molar refractivity (Wildman–Crippen MR) is 50.5 cm³/mol. The lowest BCUT2D eigenvalue weighted by molar-refractivity contribution is 0.266. The molecule has 3 rings (SSSR count). The number of rotatable bonds is 2. The first-order chi connectivity index (χ1) is 6.83. The lowest BCUT2D eigenvalue weighted by atomic mass is 10.1. The van der Waals surface area contributed by atoms with Crippen molar-refractivity contribution in [3.63, 3.8) is 0 Å². The molecule has 4 nitrogen and oxygen atoms in total. The Labute approximate surface area is 83.0 Å². The van der Waals surface area contributed by atoms with Gasteiger partial charge in [0.1, 0.15) is 12.4 Å². The fourth-order valence-corrected chi connectivity index (χ4v) is 3.01. The second-order valence-corrected chi connectivity index (χ2v) is 4.48. The van der Waals surface area contributed by atoms with E-state index in [9.17, 15) is 0 Å². The van der Waals surface area contributed by atoms with Crippen LogP contribution >= 0.6 is 0 Å². The standard InChI is InChI=1S/C10H15N3O/c1-13-8(5-14)11-12-10(13)9-6-3-2-4-7(6)9/h6-7,9,14H,2-5H2,1H3. The molecular weight excluding hydrogens is 178 g/mol. The highest BCUT2D eigenvalue weighted by Crippen LogP contribution is 2.62. The van der Waals surface area contributed by atoms with E-state index in [4.69, 9.17) is 5.11 Å². The summed E-state index contributed by atoms with van der Waals surface area (Å²) in [6, 6.07) is 0. The predicted octanol–water partition coefficient (Wildman–Crippen LogP) is 0.821. The van der Waals surface area contributed by atoms with Crippen LogP contribution in [-0.2, 0) is 13.7 Å². The van der Waals surface area contributed by atoms with Crippen molar-refractivity contribution in [1.29, 1.82) is 0 Å². The molecule has 1 heterocycles. The van der Waals surface area contributed by atoms with Crippen molar-refractivity contribution in [2.45, 2.75) is 31.8 Å². The zero-order chi connectivity index (χ0) is 9.71. The Morgan fingerprint density at radius 1 is 1.36 bits per heavy atom. The Balaban J connectivity index is 1.87. The van der Waals surface area contributed by atoms with Gasteiger partial charge in [-0.25, -0.2) is 0 Å². The molecule has 1 aromatic heterocycles. The van der Waals surface area contributed by atoms with E-state index in [0.29, 0.717) is 11.7 Å². The van der Waals surface area contributed by atoms with Crippen molar-refractivity contribution in [3.05, 3.63) is 11.6 Å². The highest BCUT2D eigenvalue weighted by molar-refractivity contribution is 5.18. The Hall–Kier alpha value is -0.900. The van der Waals surface area contributed by atoms with Crippen LogP contribution in [0, 0.1) is 11.8 Å². The monoisotopic (exact) mass is 193 g/mol. The van der Waals surface area contributed by atoms with E-state index >= 15 is 0 Å². The molecule has 2 atom stereocenters. The molecule has 1 N–H and O–H groups in total. The second-order valence-electron chi connectivity index (χ2n) is 4.48. The quantitative estimate of drug-likeness (QED) is 0.756. The van der Waals surface area contributed by atoms with Crippen molar-refractivity contribution in [2.24, 2.45) is 18.9 Å². The van der Waals surface area contributed by atoms with Crippen LogP contribution in [0.5, 0.6) is 0 Å². The lowest BCUT2D eigenvalue weighted by Gasteiger charge is -2.03. The zero-order valence-corrected chi connectivity index (χ0v) is 8.35. The minimum atomic E-state index is -0.00838. The van der Waals surface area contributed by atoms with Crippen LogP contribution in [0.1, 0.15) is 36.8 Å². The molecule has 0 bridgehead atoms. The maximum Gasteiger partial charge on any atom is 0.158 e. The third-order valence-corrected chi connectivity index (χ3v) is 3.84. The van der Waals surface area contributed by atoms with Crippen LogP contribution in [-0.4, -0.2) is 19.9 Å². The van der Waals surface area contributed by atoms with Crippen LogP contribution in [0.25, 0.3) is 0 Å². The van der Waals surface area contributed by atoms with Crippen LogP contribution in [0.15, 0.2) is 0 Å². The molecule has 2 fully saturated rings. The number of aromatic nitrogens is 3. The van der Waals surface area contributed by atoms with Gasteiger partial charge in [-0.05, 0) is 24.7 Å². The first-order valence-electron chi connectivity index (χ1n) is 5.32.